The molecule has 8 nitrogen and oxygen atoms in total. The van der Waals surface area contributed by atoms with Gasteiger partial charge in [-0.25, -0.2) is 12.8 Å². The molecule has 5 rings (SSSR count). The van der Waals surface area contributed by atoms with Crippen LogP contribution in [0.2, 0.25) is 0 Å². The summed E-state index contributed by atoms with van der Waals surface area (Å²) >= 11 is 0. The zero-order valence-corrected chi connectivity index (χ0v) is 23.2. The molecule has 0 bridgehead atoms. The van der Waals surface area contributed by atoms with Crippen molar-refractivity contribution in [2.45, 2.75) is 62.4 Å². The number of ether oxygens (including phenoxy) is 1. The van der Waals surface area contributed by atoms with Gasteiger partial charge < -0.3 is 10.1 Å². The lowest BCUT2D eigenvalue weighted by atomic mass is 9.73. The van der Waals surface area contributed by atoms with Crippen molar-refractivity contribution in [2.75, 3.05) is 13.2 Å². The highest BCUT2D eigenvalue weighted by Crippen LogP contribution is 2.39. The van der Waals surface area contributed by atoms with E-state index in [-0.39, 0.29) is 18.5 Å². The van der Waals surface area contributed by atoms with E-state index in [1.165, 1.54) is 10.4 Å². The molecule has 1 N–H and O–H groups in total. The van der Waals surface area contributed by atoms with Crippen LogP contribution in [0.1, 0.15) is 60.2 Å². The Kier molecular flexibility index (Phi) is 7.89. The molecule has 1 amide bonds. The second-order valence-corrected chi connectivity index (χ2v) is 12.6. The highest BCUT2D eigenvalue weighted by molar-refractivity contribution is 7.89. The normalized spacial score (nSPS) is 22.8. The average Bonchev–Trinajstić information content (AvgIpc) is 3.35. The number of hydrogen-bond acceptors (Lipinski definition) is 5. The SMILES string of the molecule is C[C@@H]1CC[C@@H](c2ccccc2)S(=O)(=O)N1Cc1ccc(C2(C(=O)NCc3ccnn3C)CCOCC2)cc1F. The Morgan fingerprint density at radius 3 is 2.54 bits per heavy atom. The van der Waals surface area contributed by atoms with Crippen molar-refractivity contribution in [1.29, 1.82) is 0 Å². The third-order valence-corrected chi connectivity index (χ3v) is 10.6. The fourth-order valence-corrected chi connectivity index (χ4v) is 7.96. The second kappa shape index (κ2) is 11.2. The lowest BCUT2D eigenvalue weighted by Crippen LogP contribution is -2.48. The number of carbonyl (C=O) groups is 1. The fraction of sp³-hybridized carbons (Fsp3) is 0.448. The predicted octanol–water partition coefficient (Wildman–Crippen LogP) is 3.98. The number of aryl methyl sites for hydroxylation is 1. The molecule has 10 heteroatoms. The molecule has 0 radical (unpaired) electrons. The van der Waals surface area contributed by atoms with Gasteiger partial charge in [0.2, 0.25) is 15.9 Å². The van der Waals surface area contributed by atoms with E-state index in [9.17, 15) is 13.2 Å². The molecule has 3 aromatic rings. The quantitative estimate of drug-likeness (QED) is 0.477. The average molecular weight is 555 g/mol. The number of aromatic nitrogens is 2. The third-order valence-electron chi connectivity index (χ3n) is 8.26. The van der Waals surface area contributed by atoms with Gasteiger partial charge in [-0.2, -0.15) is 9.40 Å². The highest BCUT2D eigenvalue weighted by atomic mass is 32.2. The summed E-state index contributed by atoms with van der Waals surface area (Å²) in [4.78, 5) is 13.5. The van der Waals surface area contributed by atoms with E-state index >= 15 is 4.39 Å². The van der Waals surface area contributed by atoms with Crippen LogP contribution in [0, 0.1) is 5.82 Å². The minimum Gasteiger partial charge on any atom is -0.381 e. The summed E-state index contributed by atoms with van der Waals surface area (Å²) in [6.07, 6.45) is 3.76. The Morgan fingerprint density at radius 1 is 1.13 bits per heavy atom. The number of benzene rings is 2. The maximum absolute atomic E-state index is 15.7. The first-order valence-electron chi connectivity index (χ1n) is 13.4. The van der Waals surface area contributed by atoms with Crippen LogP contribution in [0.4, 0.5) is 4.39 Å². The van der Waals surface area contributed by atoms with Gasteiger partial charge in [0, 0.05) is 44.6 Å². The van der Waals surface area contributed by atoms with Gasteiger partial charge in [0.05, 0.1) is 17.7 Å². The van der Waals surface area contributed by atoms with Crippen LogP contribution in [-0.2, 0) is 45.1 Å². The first kappa shape index (κ1) is 27.5. The Morgan fingerprint density at radius 2 is 1.87 bits per heavy atom. The molecule has 1 aromatic heterocycles. The van der Waals surface area contributed by atoms with Gasteiger partial charge in [0.1, 0.15) is 11.1 Å². The van der Waals surface area contributed by atoms with Crippen molar-refractivity contribution >= 4 is 15.9 Å². The van der Waals surface area contributed by atoms with Crippen LogP contribution in [-0.4, -0.2) is 47.7 Å². The van der Waals surface area contributed by atoms with Gasteiger partial charge in [-0.3, -0.25) is 9.48 Å². The Hall–Kier alpha value is -3.08. The van der Waals surface area contributed by atoms with Gasteiger partial charge >= 0.3 is 0 Å². The van der Waals surface area contributed by atoms with Gasteiger partial charge in [-0.15, -0.1) is 0 Å². The lowest BCUT2D eigenvalue weighted by molar-refractivity contribution is -0.130. The van der Waals surface area contributed by atoms with Crippen molar-refractivity contribution in [3.8, 4) is 0 Å². The van der Waals surface area contributed by atoms with Crippen molar-refractivity contribution in [3.05, 3.63) is 89.0 Å². The molecule has 208 valence electrons. The van der Waals surface area contributed by atoms with Crippen molar-refractivity contribution in [1.82, 2.24) is 19.4 Å². The monoisotopic (exact) mass is 554 g/mol. The molecule has 0 unspecified atom stereocenters. The van der Waals surface area contributed by atoms with E-state index < -0.39 is 26.5 Å². The molecule has 0 aliphatic carbocycles. The molecule has 2 atom stereocenters. The highest BCUT2D eigenvalue weighted by Gasteiger charge is 2.43. The number of nitrogens with one attached hydrogen (secondary N) is 1. The summed E-state index contributed by atoms with van der Waals surface area (Å²) in [6.45, 7) is 2.92. The van der Waals surface area contributed by atoms with Gasteiger partial charge in [-0.05, 0) is 55.9 Å². The number of nitrogens with zero attached hydrogens (tertiary/aromatic N) is 3. The molecule has 2 aliphatic heterocycles. The summed E-state index contributed by atoms with van der Waals surface area (Å²) in [7, 11) is -1.88. The summed E-state index contributed by atoms with van der Waals surface area (Å²) in [5.74, 6) is -0.695. The lowest BCUT2D eigenvalue weighted by Gasteiger charge is -2.38. The standard InChI is InChI=1S/C29H35FN4O4S/c1-21-8-11-27(22-6-4-3-5-7-22)39(36,37)34(21)20-23-9-10-24(18-26(23)30)29(13-16-38-17-14-29)28(35)31-19-25-12-15-32-33(25)2/h3-7,9-10,12,15,18,21,27H,8,11,13-14,16-17,19-20H2,1-2H3,(H,31,35)/t21-,27+/m1/s1. The largest absolute Gasteiger partial charge is 0.381 e. The smallest absolute Gasteiger partial charge is 0.231 e. The molecule has 2 aliphatic rings. The first-order valence-corrected chi connectivity index (χ1v) is 14.9. The topological polar surface area (TPSA) is 93.5 Å². The maximum atomic E-state index is 15.7. The van der Waals surface area contributed by atoms with Crippen LogP contribution in [0.15, 0.2) is 60.8 Å². The first-order chi connectivity index (χ1) is 18.7. The van der Waals surface area contributed by atoms with E-state index in [2.05, 4.69) is 10.4 Å². The summed E-state index contributed by atoms with van der Waals surface area (Å²) in [5.41, 5.74) is 1.55. The van der Waals surface area contributed by atoms with Gasteiger partial charge in [0.25, 0.3) is 0 Å². The van der Waals surface area contributed by atoms with Crippen molar-refractivity contribution < 1.29 is 22.3 Å². The van der Waals surface area contributed by atoms with Crippen LogP contribution < -0.4 is 5.32 Å². The van der Waals surface area contributed by atoms with E-state index in [4.69, 9.17) is 4.74 Å². The minimum absolute atomic E-state index is 0.0538. The molecule has 0 saturated carbocycles. The number of hydrogen-bond donors (Lipinski definition) is 1. The second-order valence-electron chi connectivity index (χ2n) is 10.5. The number of halogens is 1. The number of amides is 1. The van der Waals surface area contributed by atoms with E-state index in [0.717, 1.165) is 11.3 Å². The molecule has 2 saturated heterocycles. The van der Waals surface area contributed by atoms with Crippen LogP contribution in [0.5, 0.6) is 0 Å². The molecular formula is C29H35FN4O4S. The minimum atomic E-state index is -3.69. The number of carbonyl (C=O) groups excluding carboxylic acids is 1. The Bertz CT molecular complexity index is 1420. The van der Waals surface area contributed by atoms with Crippen LogP contribution in [0.3, 0.4) is 0 Å². The molecule has 39 heavy (non-hydrogen) atoms. The van der Waals surface area contributed by atoms with Crippen molar-refractivity contribution in [3.63, 3.8) is 0 Å². The molecule has 3 heterocycles. The number of rotatable bonds is 7. The maximum Gasteiger partial charge on any atom is 0.231 e. The zero-order valence-electron chi connectivity index (χ0n) is 22.3. The van der Waals surface area contributed by atoms with Crippen LogP contribution >= 0.6 is 0 Å². The molecular weight excluding hydrogens is 519 g/mol. The Labute approximate surface area is 229 Å². The Balaban J connectivity index is 1.39. The molecule has 2 fully saturated rings. The number of sulfonamides is 1. The predicted molar refractivity (Wildman–Crippen MR) is 146 cm³/mol. The third kappa shape index (κ3) is 5.37. The summed E-state index contributed by atoms with van der Waals surface area (Å²) < 4.78 is 51.6. The molecule has 2 aromatic carbocycles. The van der Waals surface area contributed by atoms with E-state index in [0.29, 0.717) is 56.6 Å². The van der Waals surface area contributed by atoms with Crippen LogP contribution in [0.25, 0.3) is 0 Å². The summed E-state index contributed by atoms with van der Waals surface area (Å²) in [5, 5.41) is 6.50. The summed E-state index contributed by atoms with van der Waals surface area (Å²) in [6, 6.07) is 15.6. The van der Waals surface area contributed by atoms with Crippen molar-refractivity contribution in [2.24, 2.45) is 7.05 Å². The fourth-order valence-electron chi connectivity index (χ4n) is 5.77. The van der Waals surface area contributed by atoms with Gasteiger partial charge in [0.15, 0.2) is 0 Å². The van der Waals surface area contributed by atoms with Gasteiger partial charge in [-0.1, -0.05) is 42.5 Å². The molecule has 0 spiro atoms. The van der Waals surface area contributed by atoms with E-state index in [1.54, 1.807) is 23.0 Å². The zero-order chi connectivity index (χ0) is 27.6. The van der Waals surface area contributed by atoms with E-state index in [1.807, 2.05) is 50.4 Å².